The van der Waals surface area contributed by atoms with Gasteiger partial charge >= 0.3 is 11.8 Å². The summed E-state index contributed by atoms with van der Waals surface area (Å²) >= 11 is 1.60. The average Bonchev–Trinajstić information content (AvgIpc) is 3.24. The smallest absolute Gasteiger partial charge is 0.313 e. The van der Waals surface area contributed by atoms with Crippen molar-refractivity contribution in [3.8, 4) is 0 Å². The van der Waals surface area contributed by atoms with Crippen molar-refractivity contribution in [1.82, 2.24) is 15.1 Å². The molecule has 2 amide bonds. The lowest BCUT2D eigenvalue weighted by Gasteiger charge is -2.37. The first-order chi connectivity index (χ1) is 13.9. The molecule has 3 rings (SSSR count). The van der Waals surface area contributed by atoms with Crippen molar-refractivity contribution < 1.29 is 14.5 Å². The van der Waals surface area contributed by atoms with E-state index in [9.17, 15) is 19.7 Å². The maximum Gasteiger partial charge on any atom is 0.313 e. The standard InChI is InChI=1S/C19H23N5O4S/c1-22-7-9-23(10-8-22)17(14-6-11-29-13-14)12-20-18(25)19(26)21-15-2-4-16(5-3-15)24(27)28/h2-6,11,13,17H,7-10,12H2,1H3,(H,20,25)(H,21,26). The Morgan fingerprint density at radius 3 is 2.41 bits per heavy atom. The number of non-ortho nitro benzene ring substituents is 1. The maximum atomic E-state index is 12.3. The molecule has 154 valence electrons. The van der Waals surface area contributed by atoms with E-state index in [0.717, 1.165) is 31.7 Å². The number of hydrogen-bond acceptors (Lipinski definition) is 7. The van der Waals surface area contributed by atoms with Gasteiger partial charge < -0.3 is 15.5 Å². The number of carbonyl (C=O) groups excluding carboxylic acids is 2. The number of hydrogen-bond donors (Lipinski definition) is 2. The summed E-state index contributed by atoms with van der Waals surface area (Å²) in [5.41, 5.74) is 1.36. The van der Waals surface area contributed by atoms with Gasteiger partial charge in [-0.2, -0.15) is 11.3 Å². The highest BCUT2D eigenvalue weighted by molar-refractivity contribution is 7.08. The van der Waals surface area contributed by atoms with E-state index in [-0.39, 0.29) is 11.7 Å². The molecular weight excluding hydrogens is 394 g/mol. The first kappa shape index (κ1) is 20.9. The lowest BCUT2D eigenvalue weighted by Crippen LogP contribution is -2.49. The lowest BCUT2D eigenvalue weighted by molar-refractivity contribution is -0.384. The van der Waals surface area contributed by atoms with E-state index in [4.69, 9.17) is 0 Å². The van der Waals surface area contributed by atoms with Crippen LogP contribution in [0.15, 0.2) is 41.1 Å². The van der Waals surface area contributed by atoms with Gasteiger partial charge in [0.05, 0.1) is 11.0 Å². The van der Waals surface area contributed by atoms with Crippen LogP contribution in [0.4, 0.5) is 11.4 Å². The number of nitrogens with one attached hydrogen (secondary N) is 2. The van der Waals surface area contributed by atoms with E-state index in [1.54, 1.807) is 11.3 Å². The zero-order valence-corrected chi connectivity index (χ0v) is 16.9. The van der Waals surface area contributed by atoms with Crippen LogP contribution in [-0.2, 0) is 9.59 Å². The van der Waals surface area contributed by atoms with Gasteiger partial charge in [-0.25, -0.2) is 0 Å². The van der Waals surface area contributed by atoms with Crippen molar-refractivity contribution in [3.05, 3.63) is 56.8 Å². The van der Waals surface area contributed by atoms with Gasteiger partial charge in [0.2, 0.25) is 0 Å². The van der Waals surface area contributed by atoms with Gasteiger partial charge in [0.15, 0.2) is 0 Å². The third-order valence-corrected chi connectivity index (χ3v) is 5.61. The number of benzene rings is 1. The highest BCUT2D eigenvalue weighted by Gasteiger charge is 2.25. The number of carbonyl (C=O) groups is 2. The van der Waals surface area contributed by atoms with E-state index in [0.29, 0.717) is 12.2 Å². The second kappa shape index (κ2) is 9.59. The highest BCUT2D eigenvalue weighted by Crippen LogP contribution is 2.23. The quantitative estimate of drug-likeness (QED) is 0.421. The minimum Gasteiger partial charge on any atom is -0.346 e. The summed E-state index contributed by atoms with van der Waals surface area (Å²) < 4.78 is 0. The van der Waals surface area contributed by atoms with Crippen molar-refractivity contribution in [2.75, 3.05) is 45.1 Å². The number of nitro benzene ring substituents is 1. The number of nitro groups is 1. The van der Waals surface area contributed by atoms with Crippen LogP contribution in [0.3, 0.4) is 0 Å². The molecule has 0 spiro atoms. The number of anilines is 1. The summed E-state index contributed by atoms with van der Waals surface area (Å²) in [6, 6.07) is 7.37. The molecule has 9 nitrogen and oxygen atoms in total. The third-order valence-electron chi connectivity index (χ3n) is 4.90. The molecule has 2 aromatic rings. The number of nitrogens with zero attached hydrogens (tertiary/aromatic N) is 3. The molecular formula is C19H23N5O4S. The minimum absolute atomic E-state index is 0.00562. The second-order valence-electron chi connectivity index (χ2n) is 6.88. The van der Waals surface area contributed by atoms with Gasteiger partial charge in [-0.3, -0.25) is 24.6 Å². The zero-order valence-electron chi connectivity index (χ0n) is 16.0. The second-order valence-corrected chi connectivity index (χ2v) is 7.66. The zero-order chi connectivity index (χ0) is 20.8. The number of thiophene rings is 1. The summed E-state index contributed by atoms with van der Waals surface area (Å²) in [5.74, 6) is -1.54. The molecule has 0 saturated carbocycles. The molecule has 1 saturated heterocycles. The first-order valence-corrected chi connectivity index (χ1v) is 10.2. The van der Waals surface area contributed by atoms with Crippen molar-refractivity contribution in [1.29, 1.82) is 0 Å². The fourth-order valence-electron chi connectivity index (χ4n) is 3.18. The molecule has 1 aliphatic rings. The molecule has 2 N–H and O–H groups in total. The van der Waals surface area contributed by atoms with E-state index in [1.165, 1.54) is 24.3 Å². The van der Waals surface area contributed by atoms with Gasteiger partial charge in [0.1, 0.15) is 0 Å². The summed E-state index contributed by atoms with van der Waals surface area (Å²) in [7, 11) is 2.08. The molecule has 29 heavy (non-hydrogen) atoms. The van der Waals surface area contributed by atoms with Crippen LogP contribution in [0.2, 0.25) is 0 Å². The third kappa shape index (κ3) is 5.59. The highest BCUT2D eigenvalue weighted by atomic mass is 32.1. The van der Waals surface area contributed by atoms with Gasteiger partial charge in [0.25, 0.3) is 5.69 Å². The molecule has 2 heterocycles. The summed E-state index contributed by atoms with van der Waals surface area (Å²) in [6.07, 6.45) is 0. The predicted octanol–water partition coefficient (Wildman–Crippen LogP) is 1.70. The summed E-state index contributed by atoms with van der Waals surface area (Å²) in [4.78, 5) is 39.2. The Bertz CT molecular complexity index is 848. The van der Waals surface area contributed by atoms with Crippen molar-refractivity contribution in [3.63, 3.8) is 0 Å². The van der Waals surface area contributed by atoms with Crippen LogP contribution >= 0.6 is 11.3 Å². The monoisotopic (exact) mass is 417 g/mol. The molecule has 1 aromatic carbocycles. The van der Waals surface area contributed by atoms with E-state index >= 15 is 0 Å². The normalized spacial score (nSPS) is 16.2. The maximum absolute atomic E-state index is 12.3. The topological polar surface area (TPSA) is 108 Å². The average molecular weight is 417 g/mol. The molecule has 1 aromatic heterocycles. The van der Waals surface area contributed by atoms with E-state index in [1.807, 2.05) is 11.4 Å². The predicted molar refractivity (Wildman–Crippen MR) is 111 cm³/mol. The van der Waals surface area contributed by atoms with Crippen LogP contribution in [0.25, 0.3) is 0 Å². The fourth-order valence-corrected chi connectivity index (χ4v) is 3.89. The Labute approximate surface area is 172 Å². The van der Waals surface area contributed by atoms with Crippen molar-refractivity contribution in [2.24, 2.45) is 0 Å². The number of likely N-dealkylation sites (N-methyl/N-ethyl adjacent to an activating group) is 1. The Morgan fingerprint density at radius 2 is 1.83 bits per heavy atom. The number of amides is 2. The van der Waals surface area contributed by atoms with E-state index in [2.05, 4.69) is 32.9 Å². The molecule has 0 radical (unpaired) electrons. The van der Waals surface area contributed by atoms with Gasteiger partial charge in [-0.05, 0) is 41.6 Å². The lowest BCUT2D eigenvalue weighted by atomic mass is 10.1. The van der Waals surface area contributed by atoms with Gasteiger partial charge in [-0.15, -0.1) is 0 Å². The summed E-state index contributed by atoms with van der Waals surface area (Å²) in [5, 5.41) is 19.9. The van der Waals surface area contributed by atoms with Crippen molar-refractivity contribution >= 4 is 34.5 Å². The molecule has 1 atom stereocenters. The Balaban J connectivity index is 1.57. The molecule has 1 aliphatic heterocycles. The summed E-state index contributed by atoms with van der Waals surface area (Å²) in [6.45, 7) is 4.02. The molecule has 0 aliphatic carbocycles. The molecule has 1 fully saturated rings. The minimum atomic E-state index is -0.804. The molecule has 1 unspecified atom stereocenters. The molecule has 0 bridgehead atoms. The van der Waals surface area contributed by atoms with Gasteiger partial charge in [0, 0.05) is 50.5 Å². The van der Waals surface area contributed by atoms with Crippen LogP contribution in [0.1, 0.15) is 11.6 Å². The van der Waals surface area contributed by atoms with Crippen molar-refractivity contribution in [2.45, 2.75) is 6.04 Å². The number of piperazine rings is 1. The van der Waals surface area contributed by atoms with E-state index < -0.39 is 16.7 Å². The fraction of sp³-hybridized carbons (Fsp3) is 0.368. The van der Waals surface area contributed by atoms with Gasteiger partial charge in [-0.1, -0.05) is 0 Å². The van der Waals surface area contributed by atoms with Crippen LogP contribution in [-0.4, -0.2) is 66.3 Å². The van der Waals surface area contributed by atoms with Crippen LogP contribution in [0, 0.1) is 10.1 Å². The SMILES string of the molecule is CN1CCN(C(CNC(=O)C(=O)Nc2ccc([N+](=O)[O-])cc2)c2ccsc2)CC1. The first-order valence-electron chi connectivity index (χ1n) is 9.22. The van der Waals surface area contributed by atoms with Crippen LogP contribution < -0.4 is 10.6 Å². The molecule has 10 heteroatoms. The van der Waals surface area contributed by atoms with Crippen LogP contribution in [0.5, 0.6) is 0 Å². The Morgan fingerprint density at radius 1 is 1.14 bits per heavy atom. The number of rotatable bonds is 6. The Kier molecular flexibility index (Phi) is 6.91. The largest absolute Gasteiger partial charge is 0.346 e. The Hall–Kier alpha value is -2.82.